The highest BCUT2D eigenvalue weighted by molar-refractivity contribution is 7.71. The van der Waals surface area contributed by atoms with Crippen molar-refractivity contribution >= 4 is 41.6 Å². The average molecular weight is 359 g/mol. The van der Waals surface area contributed by atoms with Gasteiger partial charge in [0.25, 0.3) is 0 Å². The molecule has 0 amide bonds. The smallest absolute Gasteiger partial charge is 0.216 e. The van der Waals surface area contributed by atoms with Gasteiger partial charge in [-0.2, -0.15) is 14.9 Å². The maximum Gasteiger partial charge on any atom is 0.216 e. The van der Waals surface area contributed by atoms with Gasteiger partial charge in [0.2, 0.25) is 4.77 Å². The number of phenolic OH excluding ortho intramolecular Hbond substituents is 1. The van der Waals surface area contributed by atoms with E-state index in [1.807, 2.05) is 0 Å². The minimum absolute atomic E-state index is 0.114. The van der Waals surface area contributed by atoms with Crippen molar-refractivity contribution in [2.24, 2.45) is 5.10 Å². The van der Waals surface area contributed by atoms with Crippen molar-refractivity contribution in [3.8, 4) is 5.75 Å². The van der Waals surface area contributed by atoms with E-state index in [2.05, 4.69) is 15.3 Å². The van der Waals surface area contributed by atoms with Gasteiger partial charge in [-0.1, -0.05) is 23.2 Å². The van der Waals surface area contributed by atoms with Crippen molar-refractivity contribution in [1.29, 1.82) is 0 Å². The summed E-state index contributed by atoms with van der Waals surface area (Å²) in [7, 11) is 0. The average Bonchev–Trinajstić information content (AvgIpc) is 3.12. The fourth-order valence-electron chi connectivity index (χ4n) is 2.19. The monoisotopic (exact) mass is 358 g/mol. The number of halogens is 2. The number of aromatic hydroxyl groups is 1. The second-order valence-corrected chi connectivity index (χ2v) is 5.98. The molecule has 0 radical (unpaired) electrons. The molecular weight excluding hydrogens is 347 g/mol. The summed E-state index contributed by atoms with van der Waals surface area (Å²) in [6, 6.07) is 3.11. The molecule has 2 aromatic rings. The Kier molecular flexibility index (Phi) is 4.49. The van der Waals surface area contributed by atoms with E-state index in [0.717, 1.165) is 12.8 Å². The quantitative estimate of drug-likeness (QED) is 0.648. The summed E-state index contributed by atoms with van der Waals surface area (Å²) in [5, 5.41) is 21.1. The molecule has 22 heavy (non-hydrogen) atoms. The topological polar surface area (TPSA) is 75.4 Å². The molecule has 1 aliphatic rings. The number of nitrogens with zero attached hydrogens (tertiary/aromatic N) is 3. The molecule has 2 N–H and O–H groups in total. The number of H-pyrrole nitrogens is 1. The normalized spacial score (nSPS) is 18.4. The largest absolute Gasteiger partial charge is 0.505 e. The van der Waals surface area contributed by atoms with Crippen LogP contribution >= 0.6 is 35.4 Å². The molecular formula is C13H12Cl2N4O2S. The highest BCUT2D eigenvalue weighted by atomic mass is 35.5. The fourth-order valence-corrected chi connectivity index (χ4v) is 2.88. The molecule has 0 saturated carbocycles. The zero-order valence-corrected chi connectivity index (χ0v) is 13.6. The number of phenols is 1. The molecule has 116 valence electrons. The van der Waals surface area contributed by atoms with E-state index in [4.69, 9.17) is 40.2 Å². The third kappa shape index (κ3) is 3.03. The SMILES string of the molecule is Oc1c(Cl)cc(/C=N\n2c(C3CCCO3)n[nH]c2=S)cc1Cl. The molecule has 1 aliphatic heterocycles. The van der Waals surface area contributed by atoms with E-state index < -0.39 is 0 Å². The fraction of sp³-hybridized carbons (Fsp3) is 0.308. The second-order valence-electron chi connectivity index (χ2n) is 4.78. The van der Waals surface area contributed by atoms with Crippen LogP contribution in [-0.4, -0.2) is 32.8 Å². The molecule has 9 heteroatoms. The van der Waals surface area contributed by atoms with E-state index in [0.29, 0.717) is 22.8 Å². The third-order valence-corrected chi connectivity index (χ3v) is 4.10. The van der Waals surface area contributed by atoms with Gasteiger partial charge in [0.15, 0.2) is 11.6 Å². The summed E-state index contributed by atoms with van der Waals surface area (Å²) in [5.41, 5.74) is 0.634. The number of rotatable bonds is 3. The molecule has 2 heterocycles. The van der Waals surface area contributed by atoms with Crippen LogP contribution in [0.4, 0.5) is 0 Å². The summed E-state index contributed by atoms with van der Waals surface area (Å²) in [5.74, 6) is 0.482. The molecule has 1 aromatic heterocycles. The molecule has 0 aliphatic carbocycles. The Labute approximate surface area is 141 Å². The van der Waals surface area contributed by atoms with Crippen LogP contribution in [0.15, 0.2) is 17.2 Å². The van der Waals surface area contributed by atoms with Crippen LogP contribution in [0, 0.1) is 4.77 Å². The molecule has 3 rings (SSSR count). The highest BCUT2D eigenvalue weighted by Crippen LogP contribution is 2.32. The lowest BCUT2D eigenvalue weighted by Crippen LogP contribution is -2.05. The van der Waals surface area contributed by atoms with Gasteiger partial charge in [-0.3, -0.25) is 5.10 Å². The summed E-state index contributed by atoms with van der Waals surface area (Å²) in [6.07, 6.45) is 3.29. The van der Waals surface area contributed by atoms with Gasteiger partial charge >= 0.3 is 0 Å². The molecule has 1 atom stereocenters. The Bertz CT molecular complexity index is 758. The van der Waals surface area contributed by atoms with Crippen molar-refractivity contribution < 1.29 is 9.84 Å². The maximum absolute atomic E-state index is 9.55. The number of hydrogen-bond donors (Lipinski definition) is 2. The molecule has 1 saturated heterocycles. The first-order valence-electron chi connectivity index (χ1n) is 6.57. The number of ether oxygens (including phenoxy) is 1. The van der Waals surface area contributed by atoms with E-state index in [-0.39, 0.29) is 21.9 Å². The number of aromatic nitrogens is 3. The third-order valence-electron chi connectivity index (χ3n) is 3.25. The van der Waals surface area contributed by atoms with E-state index in [9.17, 15) is 5.11 Å². The predicted molar refractivity (Wildman–Crippen MR) is 86.5 cm³/mol. The predicted octanol–water partition coefficient (Wildman–Crippen LogP) is 3.69. The van der Waals surface area contributed by atoms with E-state index in [1.165, 1.54) is 4.68 Å². The number of benzene rings is 1. The van der Waals surface area contributed by atoms with E-state index in [1.54, 1.807) is 18.3 Å². The van der Waals surface area contributed by atoms with Crippen LogP contribution in [0.2, 0.25) is 10.0 Å². The van der Waals surface area contributed by atoms with Crippen LogP contribution in [0.3, 0.4) is 0 Å². The molecule has 1 aromatic carbocycles. The van der Waals surface area contributed by atoms with E-state index >= 15 is 0 Å². The van der Waals surface area contributed by atoms with Crippen molar-refractivity contribution in [3.63, 3.8) is 0 Å². The van der Waals surface area contributed by atoms with Crippen molar-refractivity contribution in [1.82, 2.24) is 14.9 Å². The van der Waals surface area contributed by atoms with Gasteiger partial charge in [-0.25, -0.2) is 0 Å². The lowest BCUT2D eigenvalue weighted by molar-refractivity contribution is 0.102. The Hall–Kier alpha value is -1.41. The zero-order chi connectivity index (χ0) is 15.7. The van der Waals surface area contributed by atoms with Gasteiger partial charge in [0, 0.05) is 6.61 Å². The van der Waals surface area contributed by atoms with Crippen molar-refractivity contribution in [3.05, 3.63) is 38.3 Å². The van der Waals surface area contributed by atoms with Crippen LogP contribution in [0.1, 0.15) is 30.3 Å². The summed E-state index contributed by atoms with van der Waals surface area (Å²) < 4.78 is 7.49. The van der Waals surface area contributed by atoms with Crippen LogP contribution in [0.5, 0.6) is 5.75 Å². The number of hydrogen-bond acceptors (Lipinski definition) is 5. The van der Waals surface area contributed by atoms with Gasteiger partial charge < -0.3 is 9.84 Å². The Morgan fingerprint density at radius 3 is 2.82 bits per heavy atom. The summed E-state index contributed by atoms with van der Waals surface area (Å²) in [6.45, 7) is 0.706. The molecule has 6 nitrogen and oxygen atoms in total. The second kappa shape index (κ2) is 6.37. The standard InChI is InChI=1S/C13H12Cl2N4O2S/c14-8-4-7(5-9(15)11(8)20)6-16-19-12(17-18-13(19)22)10-2-1-3-21-10/h4-6,10,20H,1-3H2,(H,18,22)/b16-6-. The molecule has 0 spiro atoms. The lowest BCUT2D eigenvalue weighted by Gasteiger charge is -2.07. The van der Waals surface area contributed by atoms with Crippen molar-refractivity contribution in [2.75, 3.05) is 6.61 Å². The first-order valence-corrected chi connectivity index (χ1v) is 7.74. The maximum atomic E-state index is 9.55. The van der Waals surface area contributed by atoms with Crippen LogP contribution in [-0.2, 0) is 4.74 Å². The molecule has 0 bridgehead atoms. The van der Waals surface area contributed by atoms with Gasteiger partial charge in [-0.15, -0.1) is 0 Å². The molecule has 1 fully saturated rings. The number of aromatic amines is 1. The number of nitrogens with one attached hydrogen (secondary N) is 1. The zero-order valence-electron chi connectivity index (χ0n) is 11.3. The van der Waals surface area contributed by atoms with Gasteiger partial charge in [-0.05, 0) is 42.8 Å². The van der Waals surface area contributed by atoms with Crippen molar-refractivity contribution in [2.45, 2.75) is 18.9 Å². The summed E-state index contributed by atoms with van der Waals surface area (Å²) >= 11 is 16.9. The summed E-state index contributed by atoms with van der Waals surface area (Å²) in [4.78, 5) is 0. The minimum Gasteiger partial charge on any atom is -0.505 e. The lowest BCUT2D eigenvalue weighted by atomic mass is 10.2. The Balaban J connectivity index is 1.93. The Morgan fingerprint density at radius 2 is 2.18 bits per heavy atom. The first kappa shape index (κ1) is 15.5. The van der Waals surface area contributed by atoms with Gasteiger partial charge in [0.05, 0.1) is 16.3 Å². The Morgan fingerprint density at radius 1 is 1.45 bits per heavy atom. The minimum atomic E-state index is -0.152. The highest BCUT2D eigenvalue weighted by Gasteiger charge is 2.23. The first-order chi connectivity index (χ1) is 10.6. The van der Waals surface area contributed by atoms with Gasteiger partial charge in [0.1, 0.15) is 6.10 Å². The van der Waals surface area contributed by atoms with Crippen LogP contribution < -0.4 is 0 Å². The molecule has 1 unspecified atom stereocenters. The van der Waals surface area contributed by atoms with Crippen LogP contribution in [0.25, 0.3) is 0 Å².